The van der Waals surface area contributed by atoms with Gasteiger partial charge in [-0.1, -0.05) is 0 Å². The highest BCUT2D eigenvalue weighted by atomic mass is 32.2. The van der Waals surface area contributed by atoms with E-state index in [-0.39, 0.29) is 33.4 Å². The van der Waals surface area contributed by atoms with E-state index in [0.717, 1.165) is 18.2 Å². The number of azo groups is 2. The predicted molar refractivity (Wildman–Crippen MR) is 146 cm³/mol. The van der Waals surface area contributed by atoms with Crippen molar-refractivity contribution in [2.75, 3.05) is 6.26 Å². The molecule has 4 rings (SSSR count). The summed E-state index contributed by atoms with van der Waals surface area (Å²) in [4.78, 5) is -0.530. The molecule has 39 heavy (non-hydrogen) atoms. The molecule has 15 heteroatoms. The molecule has 4 aromatic rings. The Hall–Kier alpha value is -4.02. The first kappa shape index (κ1) is 28.0. The molecule has 0 amide bonds. The van der Waals surface area contributed by atoms with Gasteiger partial charge in [0.15, 0.2) is 0 Å². The van der Waals surface area contributed by atoms with Gasteiger partial charge in [-0.25, -0.2) is 0 Å². The van der Waals surface area contributed by atoms with E-state index in [4.69, 9.17) is 4.55 Å². The number of nitrogens with zero attached hydrogens (tertiary/aromatic N) is 4. The van der Waals surface area contributed by atoms with Gasteiger partial charge < -0.3 is 5.11 Å². The molecule has 0 radical (unpaired) electrons. The fourth-order valence-corrected chi connectivity index (χ4v) is 5.26. The highest BCUT2D eigenvalue weighted by Gasteiger charge is 2.17. The molecular formula is C24H20N4O8S3. The first-order valence-corrected chi connectivity index (χ1v) is 15.7. The Kier molecular flexibility index (Phi) is 7.38. The summed E-state index contributed by atoms with van der Waals surface area (Å²) in [7, 11) is -11.7. The van der Waals surface area contributed by atoms with Crippen molar-refractivity contribution in [3.63, 3.8) is 0 Å². The van der Waals surface area contributed by atoms with Gasteiger partial charge in [0.25, 0.3) is 20.2 Å². The van der Waals surface area contributed by atoms with Gasteiger partial charge in [0, 0.05) is 21.9 Å². The van der Waals surface area contributed by atoms with Gasteiger partial charge in [0.05, 0.1) is 22.0 Å². The van der Waals surface area contributed by atoms with Gasteiger partial charge in [0.1, 0.15) is 16.3 Å². The fourth-order valence-electron chi connectivity index (χ4n) is 3.41. The maximum absolute atomic E-state index is 12.4. The molecule has 0 aromatic heterocycles. The zero-order valence-electron chi connectivity index (χ0n) is 20.0. The summed E-state index contributed by atoms with van der Waals surface area (Å²) in [5, 5.41) is 26.8. The number of phenolic OH excluding ortho intramolecular Hbond substituents is 1. The summed E-state index contributed by atoms with van der Waals surface area (Å²) in [6.07, 6.45) is 1.46. The highest BCUT2D eigenvalue weighted by Crippen LogP contribution is 2.36. The molecule has 12 nitrogen and oxygen atoms in total. The number of hydrogen-bond donors (Lipinski definition) is 3. The number of benzene rings is 4. The zero-order valence-corrected chi connectivity index (χ0v) is 22.5. The van der Waals surface area contributed by atoms with Crippen molar-refractivity contribution in [2.45, 2.75) is 14.7 Å². The molecule has 0 fully saturated rings. The monoisotopic (exact) mass is 588 g/mol. The van der Waals surface area contributed by atoms with E-state index in [2.05, 4.69) is 26.3 Å². The SMILES string of the molecule is C=S(C)(=O)c1ccc2c(O)ccc(N=Nc3ccc(N=Nc4ccc(S(=O)(=O)O)cc4)cc3S(=O)(=O)O)c2c1. The van der Waals surface area contributed by atoms with Crippen molar-refractivity contribution in [3.8, 4) is 5.75 Å². The number of aromatic hydroxyl groups is 1. The average Bonchev–Trinajstić information content (AvgIpc) is 2.86. The second kappa shape index (κ2) is 10.3. The van der Waals surface area contributed by atoms with Crippen LogP contribution in [0.25, 0.3) is 10.8 Å². The van der Waals surface area contributed by atoms with E-state index in [0.29, 0.717) is 15.7 Å². The summed E-state index contributed by atoms with van der Waals surface area (Å²) >= 11 is 0. The van der Waals surface area contributed by atoms with Crippen molar-refractivity contribution in [1.82, 2.24) is 0 Å². The van der Waals surface area contributed by atoms with Crippen LogP contribution in [-0.2, 0) is 29.8 Å². The molecule has 1 unspecified atom stereocenters. The van der Waals surface area contributed by atoms with Gasteiger partial charge >= 0.3 is 0 Å². The van der Waals surface area contributed by atoms with Crippen LogP contribution in [0, 0.1) is 0 Å². The summed E-state index contributed by atoms with van der Waals surface area (Å²) in [5.41, 5.74) is 0.235. The van der Waals surface area contributed by atoms with Crippen LogP contribution in [0.5, 0.6) is 5.75 Å². The Morgan fingerprint density at radius 3 is 1.79 bits per heavy atom. The smallest absolute Gasteiger partial charge is 0.296 e. The van der Waals surface area contributed by atoms with E-state index in [1.807, 2.05) is 0 Å². The molecule has 202 valence electrons. The number of fused-ring (bicyclic) bond motifs is 1. The molecule has 0 saturated heterocycles. The lowest BCUT2D eigenvalue weighted by molar-refractivity contribution is 0.481. The summed E-state index contributed by atoms with van der Waals surface area (Å²) in [6.45, 7) is 0. The second-order valence-corrected chi connectivity index (χ2v) is 13.6. The third kappa shape index (κ3) is 6.52. The molecule has 0 aliphatic carbocycles. The maximum atomic E-state index is 12.4. The highest BCUT2D eigenvalue weighted by molar-refractivity contribution is 7.99. The van der Waals surface area contributed by atoms with Crippen LogP contribution in [0.2, 0.25) is 0 Å². The first-order chi connectivity index (χ1) is 18.1. The topological polar surface area (TPSA) is 195 Å². The van der Waals surface area contributed by atoms with E-state index in [1.165, 1.54) is 42.7 Å². The molecule has 0 bridgehead atoms. The van der Waals surface area contributed by atoms with Gasteiger partial charge in [-0.2, -0.15) is 27.1 Å². The largest absolute Gasteiger partial charge is 0.507 e. The Morgan fingerprint density at radius 1 is 0.615 bits per heavy atom. The van der Waals surface area contributed by atoms with E-state index >= 15 is 0 Å². The molecule has 0 saturated carbocycles. The van der Waals surface area contributed by atoms with Crippen LogP contribution in [-0.4, -0.2) is 47.4 Å². The van der Waals surface area contributed by atoms with Crippen LogP contribution in [0.3, 0.4) is 0 Å². The Morgan fingerprint density at radius 2 is 1.18 bits per heavy atom. The summed E-state index contributed by atoms with van der Waals surface area (Å²) in [6, 6.07) is 15.9. The first-order valence-electron chi connectivity index (χ1n) is 10.7. The summed E-state index contributed by atoms with van der Waals surface area (Å²) in [5.74, 6) is 3.60. The van der Waals surface area contributed by atoms with Gasteiger partial charge in [-0.05, 0) is 88.2 Å². The van der Waals surface area contributed by atoms with Crippen LogP contribution in [0.1, 0.15) is 0 Å². The van der Waals surface area contributed by atoms with Crippen LogP contribution in [0.4, 0.5) is 22.7 Å². The molecule has 0 heterocycles. The van der Waals surface area contributed by atoms with Gasteiger partial charge in [0.2, 0.25) is 0 Å². The van der Waals surface area contributed by atoms with Crippen LogP contribution >= 0.6 is 0 Å². The zero-order chi connectivity index (χ0) is 28.6. The lowest BCUT2D eigenvalue weighted by Crippen LogP contribution is -1.98. The number of phenols is 1. The normalized spacial score (nSPS) is 14.2. The quantitative estimate of drug-likeness (QED) is 0.141. The van der Waals surface area contributed by atoms with Crippen molar-refractivity contribution < 1.29 is 35.3 Å². The Labute approximate surface area is 223 Å². The lowest BCUT2D eigenvalue weighted by atomic mass is 10.1. The minimum absolute atomic E-state index is 0.0216. The molecule has 0 aliphatic rings. The molecule has 3 N–H and O–H groups in total. The van der Waals surface area contributed by atoms with E-state index in [9.17, 15) is 30.7 Å². The Bertz CT molecular complexity index is 1990. The number of rotatable bonds is 7. The third-order valence-corrected chi connectivity index (χ3v) is 8.34. The average molecular weight is 589 g/mol. The van der Waals surface area contributed by atoms with E-state index in [1.54, 1.807) is 18.2 Å². The molecule has 1 atom stereocenters. The molecule has 4 aromatic carbocycles. The molecule has 0 aliphatic heterocycles. The van der Waals surface area contributed by atoms with E-state index < -0.39 is 34.7 Å². The minimum atomic E-state index is -4.78. The molecule has 0 spiro atoms. The summed E-state index contributed by atoms with van der Waals surface area (Å²) < 4.78 is 77.6. The molecular weight excluding hydrogens is 568 g/mol. The lowest BCUT2D eigenvalue weighted by Gasteiger charge is -2.08. The van der Waals surface area contributed by atoms with Crippen LogP contribution < -0.4 is 0 Å². The standard InChI is InChI=1S/C24H20N4O8S3/c1-37(2,30)18-8-9-19-20(14-18)21(11-12-23(19)29)27-28-22-10-5-16(13-24(22)39(34,35)36)26-25-15-3-6-17(7-4-15)38(31,32)33/h3-14,29H,1H2,2H3,(H,31,32,33)(H,34,35,36). The van der Waals surface area contributed by atoms with Crippen molar-refractivity contribution in [1.29, 1.82) is 0 Å². The van der Waals surface area contributed by atoms with Crippen molar-refractivity contribution >= 4 is 69.2 Å². The van der Waals surface area contributed by atoms with Gasteiger partial charge in [-0.15, -0.1) is 10.2 Å². The predicted octanol–water partition coefficient (Wildman–Crippen LogP) is 5.57. The maximum Gasteiger partial charge on any atom is 0.296 e. The van der Waals surface area contributed by atoms with Crippen molar-refractivity contribution in [2.24, 2.45) is 20.5 Å². The van der Waals surface area contributed by atoms with Gasteiger partial charge in [-0.3, -0.25) is 13.3 Å². The Balaban J connectivity index is 1.72. The fraction of sp³-hybridized carbons (Fsp3) is 0.0417. The van der Waals surface area contributed by atoms with Crippen LogP contribution in [0.15, 0.2) is 108 Å². The number of hydrogen-bond acceptors (Lipinski definition) is 10. The second-order valence-electron chi connectivity index (χ2n) is 8.31. The third-order valence-electron chi connectivity index (χ3n) is 5.34. The minimum Gasteiger partial charge on any atom is -0.507 e. The van der Waals surface area contributed by atoms with Crippen molar-refractivity contribution in [3.05, 3.63) is 72.8 Å².